The van der Waals surface area contributed by atoms with Crippen LogP contribution in [0.2, 0.25) is 0 Å². The number of aromatic nitrogens is 5. The molecule has 0 saturated carbocycles. The highest BCUT2D eigenvalue weighted by atomic mass is 32.1. The molecule has 0 aliphatic rings. The number of hydrogen-bond acceptors (Lipinski definition) is 7. The second-order valence-electron chi connectivity index (χ2n) is 5.52. The first-order valence-electron chi connectivity index (χ1n) is 8.01. The smallest absolute Gasteiger partial charge is 0.251 e. The van der Waals surface area contributed by atoms with Crippen molar-refractivity contribution in [1.29, 1.82) is 0 Å². The van der Waals surface area contributed by atoms with Crippen molar-refractivity contribution >= 4 is 34.5 Å². The quantitative estimate of drug-likeness (QED) is 0.508. The summed E-state index contributed by atoms with van der Waals surface area (Å²) in [6, 6.07) is 12.9. The molecule has 4 aromatic rings. The molecule has 0 bridgehead atoms. The maximum atomic E-state index is 12.2. The Bertz CT molecular complexity index is 1010. The van der Waals surface area contributed by atoms with E-state index in [-0.39, 0.29) is 5.91 Å². The van der Waals surface area contributed by atoms with Crippen LogP contribution in [0.1, 0.15) is 10.4 Å². The van der Waals surface area contributed by atoms with Gasteiger partial charge in [-0.1, -0.05) is 0 Å². The van der Waals surface area contributed by atoms with E-state index in [9.17, 15) is 4.79 Å². The number of anilines is 1. The molecule has 130 valence electrons. The van der Waals surface area contributed by atoms with Crippen LogP contribution in [-0.2, 0) is 0 Å². The monoisotopic (exact) mass is 365 g/mol. The van der Waals surface area contributed by atoms with Gasteiger partial charge in [-0.05, 0) is 42.5 Å². The van der Waals surface area contributed by atoms with E-state index < -0.39 is 0 Å². The van der Waals surface area contributed by atoms with Crippen LogP contribution in [0.5, 0.6) is 0 Å². The number of hydrogen-bond donors (Lipinski definition) is 2. The molecule has 8 nitrogen and oxygen atoms in total. The van der Waals surface area contributed by atoms with Crippen molar-refractivity contribution in [2.24, 2.45) is 0 Å². The third-order valence-electron chi connectivity index (χ3n) is 3.75. The van der Waals surface area contributed by atoms with Gasteiger partial charge in [0.2, 0.25) is 0 Å². The normalized spacial score (nSPS) is 10.8. The zero-order valence-electron chi connectivity index (χ0n) is 13.7. The molecule has 0 fully saturated rings. The number of amides is 1. The SMILES string of the molecule is O=C(NCCNc1ccc(-n2cccc2)nn1)c1ccc2nsnc2c1. The summed E-state index contributed by atoms with van der Waals surface area (Å²) in [5, 5.41) is 14.3. The fourth-order valence-corrected chi connectivity index (χ4v) is 2.95. The van der Waals surface area contributed by atoms with E-state index in [0.29, 0.717) is 24.5 Å². The maximum Gasteiger partial charge on any atom is 0.251 e. The average Bonchev–Trinajstić information content (AvgIpc) is 3.36. The number of rotatable bonds is 6. The van der Waals surface area contributed by atoms with Crippen molar-refractivity contribution in [1.82, 2.24) is 28.8 Å². The lowest BCUT2D eigenvalue weighted by Gasteiger charge is -2.08. The second kappa shape index (κ2) is 7.28. The van der Waals surface area contributed by atoms with E-state index in [4.69, 9.17) is 0 Å². The molecule has 0 unspecified atom stereocenters. The van der Waals surface area contributed by atoms with Gasteiger partial charge in [-0.3, -0.25) is 4.79 Å². The lowest BCUT2D eigenvalue weighted by atomic mass is 10.2. The number of nitrogens with zero attached hydrogens (tertiary/aromatic N) is 5. The van der Waals surface area contributed by atoms with Crippen molar-refractivity contribution in [3.63, 3.8) is 0 Å². The van der Waals surface area contributed by atoms with Gasteiger partial charge in [0.1, 0.15) is 16.9 Å². The molecule has 4 rings (SSSR count). The Kier molecular flexibility index (Phi) is 4.52. The van der Waals surface area contributed by atoms with E-state index in [1.807, 2.05) is 41.2 Å². The fourth-order valence-electron chi connectivity index (χ4n) is 2.44. The first kappa shape index (κ1) is 16.2. The zero-order valence-corrected chi connectivity index (χ0v) is 14.5. The van der Waals surface area contributed by atoms with Crippen LogP contribution in [0.15, 0.2) is 54.9 Å². The number of benzene rings is 1. The van der Waals surface area contributed by atoms with Crippen molar-refractivity contribution in [3.05, 3.63) is 60.4 Å². The molecule has 26 heavy (non-hydrogen) atoms. The Hall–Kier alpha value is -3.33. The van der Waals surface area contributed by atoms with Gasteiger partial charge in [-0.15, -0.1) is 10.2 Å². The summed E-state index contributed by atoms with van der Waals surface area (Å²) in [5.74, 6) is 1.27. The highest BCUT2D eigenvalue weighted by Crippen LogP contribution is 2.13. The maximum absolute atomic E-state index is 12.2. The van der Waals surface area contributed by atoms with Crippen LogP contribution in [0.4, 0.5) is 5.82 Å². The summed E-state index contributed by atoms with van der Waals surface area (Å²) >= 11 is 1.14. The van der Waals surface area contributed by atoms with Crippen LogP contribution in [0, 0.1) is 0 Å². The molecule has 0 spiro atoms. The Morgan fingerprint density at radius 2 is 1.85 bits per heavy atom. The van der Waals surface area contributed by atoms with Crippen molar-refractivity contribution < 1.29 is 4.79 Å². The fraction of sp³-hybridized carbons (Fsp3) is 0.118. The second-order valence-corrected chi connectivity index (χ2v) is 6.05. The summed E-state index contributed by atoms with van der Waals surface area (Å²) in [7, 11) is 0. The molecular formula is C17H15N7OS. The van der Waals surface area contributed by atoms with Crippen LogP contribution < -0.4 is 10.6 Å². The number of fused-ring (bicyclic) bond motifs is 1. The average molecular weight is 365 g/mol. The minimum absolute atomic E-state index is 0.143. The van der Waals surface area contributed by atoms with Crippen molar-refractivity contribution in [2.45, 2.75) is 0 Å². The minimum Gasteiger partial charge on any atom is -0.367 e. The van der Waals surface area contributed by atoms with E-state index in [1.54, 1.807) is 18.2 Å². The summed E-state index contributed by atoms with van der Waals surface area (Å²) < 4.78 is 10.2. The lowest BCUT2D eigenvalue weighted by Crippen LogP contribution is -2.28. The first-order valence-corrected chi connectivity index (χ1v) is 8.74. The summed E-state index contributed by atoms with van der Waals surface area (Å²) in [5.41, 5.74) is 2.11. The molecule has 0 aliphatic carbocycles. The van der Waals surface area contributed by atoms with E-state index in [1.165, 1.54) is 0 Å². The molecule has 0 atom stereocenters. The van der Waals surface area contributed by atoms with E-state index >= 15 is 0 Å². The molecule has 0 saturated heterocycles. The van der Waals surface area contributed by atoms with Gasteiger partial charge in [-0.25, -0.2) is 0 Å². The third kappa shape index (κ3) is 3.52. The predicted molar refractivity (Wildman–Crippen MR) is 99.6 cm³/mol. The van der Waals surface area contributed by atoms with Gasteiger partial charge in [0.25, 0.3) is 5.91 Å². The molecule has 3 heterocycles. The van der Waals surface area contributed by atoms with E-state index in [2.05, 4.69) is 29.6 Å². The van der Waals surface area contributed by atoms with Gasteiger partial charge in [0, 0.05) is 31.0 Å². The van der Waals surface area contributed by atoms with Crippen LogP contribution >= 0.6 is 11.7 Å². The topological polar surface area (TPSA) is 97.6 Å². The van der Waals surface area contributed by atoms with Gasteiger partial charge in [-0.2, -0.15) is 8.75 Å². The Balaban J connectivity index is 1.27. The minimum atomic E-state index is -0.143. The third-order valence-corrected chi connectivity index (χ3v) is 4.31. The molecule has 3 aromatic heterocycles. The summed E-state index contributed by atoms with van der Waals surface area (Å²) in [6.07, 6.45) is 3.82. The Morgan fingerprint density at radius 3 is 2.65 bits per heavy atom. The molecule has 9 heteroatoms. The highest BCUT2D eigenvalue weighted by molar-refractivity contribution is 7.00. The molecule has 0 radical (unpaired) electrons. The molecule has 0 aliphatic heterocycles. The van der Waals surface area contributed by atoms with Crippen LogP contribution in [0.25, 0.3) is 16.9 Å². The number of nitrogens with one attached hydrogen (secondary N) is 2. The van der Waals surface area contributed by atoms with Gasteiger partial charge < -0.3 is 15.2 Å². The molecule has 1 aromatic carbocycles. The first-order chi connectivity index (χ1) is 12.8. The number of carbonyl (C=O) groups excluding carboxylic acids is 1. The standard InChI is InChI=1S/C17H15N7OS/c25-17(12-3-4-13-14(11-12)23-26-22-13)19-8-7-18-15-5-6-16(21-20-15)24-9-1-2-10-24/h1-6,9-11H,7-8H2,(H,18,20)(H,19,25). The summed E-state index contributed by atoms with van der Waals surface area (Å²) in [4.78, 5) is 12.2. The van der Waals surface area contributed by atoms with Crippen LogP contribution in [0.3, 0.4) is 0 Å². The molecular weight excluding hydrogens is 350 g/mol. The number of carbonyl (C=O) groups is 1. The van der Waals surface area contributed by atoms with Gasteiger partial charge in [0.05, 0.1) is 11.7 Å². The molecule has 1 amide bonds. The lowest BCUT2D eigenvalue weighted by molar-refractivity contribution is 0.0955. The Labute approximate surface area is 153 Å². The van der Waals surface area contributed by atoms with Gasteiger partial charge in [0.15, 0.2) is 5.82 Å². The van der Waals surface area contributed by atoms with Gasteiger partial charge >= 0.3 is 0 Å². The van der Waals surface area contributed by atoms with Crippen molar-refractivity contribution in [2.75, 3.05) is 18.4 Å². The Morgan fingerprint density at radius 1 is 1.00 bits per heavy atom. The predicted octanol–water partition coefficient (Wildman–Crippen LogP) is 2.11. The van der Waals surface area contributed by atoms with Crippen molar-refractivity contribution in [3.8, 4) is 5.82 Å². The van der Waals surface area contributed by atoms with Crippen LogP contribution in [-0.4, -0.2) is 42.5 Å². The largest absolute Gasteiger partial charge is 0.367 e. The summed E-state index contributed by atoms with van der Waals surface area (Å²) in [6.45, 7) is 1.01. The zero-order chi connectivity index (χ0) is 17.8. The van der Waals surface area contributed by atoms with E-state index in [0.717, 1.165) is 28.6 Å². The highest BCUT2D eigenvalue weighted by Gasteiger charge is 2.07. The molecule has 2 N–H and O–H groups in total.